The molecule has 3 aromatic rings. The number of nitrogens with zero attached hydrogens (tertiary/aromatic N) is 3. The molecule has 1 aromatic heterocycles. The SMILES string of the molecule is CCOc1ccc(-c2nnc(SCC(=O)Nc3ccccc3Cl)n2CC)cc1. The van der Waals surface area contributed by atoms with Crippen molar-refractivity contribution in [1.82, 2.24) is 14.8 Å². The average Bonchev–Trinajstić information content (AvgIpc) is 3.12. The van der Waals surface area contributed by atoms with Gasteiger partial charge < -0.3 is 14.6 Å². The summed E-state index contributed by atoms with van der Waals surface area (Å²) in [5.74, 6) is 1.65. The summed E-state index contributed by atoms with van der Waals surface area (Å²) in [5, 5.41) is 12.6. The van der Waals surface area contributed by atoms with E-state index in [1.54, 1.807) is 12.1 Å². The summed E-state index contributed by atoms with van der Waals surface area (Å²) in [5.41, 5.74) is 1.55. The number of hydrogen-bond acceptors (Lipinski definition) is 5. The molecule has 0 fully saturated rings. The first-order chi connectivity index (χ1) is 13.6. The van der Waals surface area contributed by atoms with Gasteiger partial charge in [-0.05, 0) is 50.2 Å². The molecule has 0 aliphatic heterocycles. The third kappa shape index (κ3) is 4.85. The number of aromatic nitrogens is 3. The highest BCUT2D eigenvalue weighted by Crippen LogP contribution is 2.26. The number of ether oxygens (including phenoxy) is 1. The Hall–Kier alpha value is -2.51. The lowest BCUT2D eigenvalue weighted by molar-refractivity contribution is -0.113. The number of halogens is 1. The lowest BCUT2D eigenvalue weighted by Crippen LogP contribution is -2.15. The van der Waals surface area contributed by atoms with Crippen molar-refractivity contribution in [2.24, 2.45) is 0 Å². The monoisotopic (exact) mass is 416 g/mol. The second kappa shape index (κ2) is 9.61. The number of thioether (sulfide) groups is 1. The summed E-state index contributed by atoms with van der Waals surface area (Å²) in [6.07, 6.45) is 0. The van der Waals surface area contributed by atoms with Crippen LogP contribution in [0.2, 0.25) is 5.02 Å². The number of para-hydroxylation sites is 1. The number of anilines is 1. The molecule has 0 atom stereocenters. The zero-order chi connectivity index (χ0) is 19.9. The zero-order valence-corrected chi connectivity index (χ0v) is 17.3. The molecule has 2 aromatic carbocycles. The largest absolute Gasteiger partial charge is 0.494 e. The highest BCUT2D eigenvalue weighted by molar-refractivity contribution is 7.99. The Kier molecular flexibility index (Phi) is 6.95. The number of rotatable bonds is 8. The molecule has 1 heterocycles. The fourth-order valence-corrected chi connectivity index (χ4v) is 3.63. The van der Waals surface area contributed by atoms with Crippen molar-refractivity contribution < 1.29 is 9.53 Å². The van der Waals surface area contributed by atoms with E-state index in [2.05, 4.69) is 15.5 Å². The molecule has 1 amide bonds. The van der Waals surface area contributed by atoms with Gasteiger partial charge in [0.05, 0.1) is 23.1 Å². The number of amides is 1. The summed E-state index contributed by atoms with van der Waals surface area (Å²) in [4.78, 5) is 12.3. The van der Waals surface area contributed by atoms with Crippen molar-refractivity contribution in [1.29, 1.82) is 0 Å². The van der Waals surface area contributed by atoms with E-state index in [1.165, 1.54) is 11.8 Å². The second-order valence-corrected chi connectivity index (χ2v) is 7.17. The zero-order valence-electron chi connectivity index (χ0n) is 15.7. The van der Waals surface area contributed by atoms with Gasteiger partial charge in [0.2, 0.25) is 5.91 Å². The summed E-state index contributed by atoms with van der Waals surface area (Å²) in [6.45, 7) is 5.30. The maximum Gasteiger partial charge on any atom is 0.234 e. The van der Waals surface area contributed by atoms with Crippen LogP contribution in [-0.2, 0) is 11.3 Å². The van der Waals surface area contributed by atoms with E-state index >= 15 is 0 Å². The molecule has 3 rings (SSSR count). The average molecular weight is 417 g/mol. The van der Waals surface area contributed by atoms with Crippen LogP contribution in [0.25, 0.3) is 11.4 Å². The van der Waals surface area contributed by atoms with E-state index in [-0.39, 0.29) is 11.7 Å². The first kappa shape index (κ1) is 20.2. The number of carbonyl (C=O) groups is 1. The van der Waals surface area contributed by atoms with Gasteiger partial charge in [-0.25, -0.2) is 0 Å². The predicted molar refractivity (Wildman–Crippen MR) is 113 cm³/mol. The van der Waals surface area contributed by atoms with Gasteiger partial charge in [-0.1, -0.05) is 35.5 Å². The molecular formula is C20H21ClN4O2S. The van der Waals surface area contributed by atoms with Crippen LogP contribution in [0.3, 0.4) is 0 Å². The van der Waals surface area contributed by atoms with Crippen LogP contribution in [0.4, 0.5) is 5.69 Å². The topological polar surface area (TPSA) is 69.0 Å². The van der Waals surface area contributed by atoms with Gasteiger partial charge in [-0.3, -0.25) is 4.79 Å². The summed E-state index contributed by atoms with van der Waals surface area (Å²) < 4.78 is 7.47. The van der Waals surface area contributed by atoms with Gasteiger partial charge in [-0.2, -0.15) is 0 Å². The van der Waals surface area contributed by atoms with Crippen LogP contribution < -0.4 is 10.1 Å². The summed E-state index contributed by atoms with van der Waals surface area (Å²) in [6, 6.07) is 14.9. The van der Waals surface area contributed by atoms with Gasteiger partial charge in [0.1, 0.15) is 5.75 Å². The Balaban J connectivity index is 1.68. The Morgan fingerprint density at radius 2 is 1.89 bits per heavy atom. The predicted octanol–water partition coefficient (Wildman–Crippen LogP) is 4.75. The van der Waals surface area contributed by atoms with Crippen LogP contribution in [0.1, 0.15) is 13.8 Å². The minimum absolute atomic E-state index is 0.147. The van der Waals surface area contributed by atoms with Crippen LogP contribution in [0, 0.1) is 0 Å². The number of benzene rings is 2. The Labute approximate surface area is 173 Å². The molecule has 1 N–H and O–H groups in total. The van der Waals surface area contributed by atoms with Crippen molar-refractivity contribution in [3.63, 3.8) is 0 Å². The van der Waals surface area contributed by atoms with E-state index in [4.69, 9.17) is 16.3 Å². The van der Waals surface area contributed by atoms with Crippen molar-refractivity contribution in [2.75, 3.05) is 17.7 Å². The molecule has 28 heavy (non-hydrogen) atoms. The molecule has 0 radical (unpaired) electrons. The lowest BCUT2D eigenvalue weighted by Gasteiger charge is -2.09. The molecule has 0 aliphatic rings. The maximum absolute atomic E-state index is 12.3. The van der Waals surface area contributed by atoms with Crippen LogP contribution in [0.15, 0.2) is 53.7 Å². The molecule has 0 saturated carbocycles. The van der Waals surface area contributed by atoms with Gasteiger partial charge in [0.25, 0.3) is 0 Å². The molecule has 0 aliphatic carbocycles. The van der Waals surface area contributed by atoms with Crippen molar-refractivity contribution in [3.8, 4) is 17.1 Å². The normalized spacial score (nSPS) is 10.7. The number of nitrogens with one attached hydrogen (secondary N) is 1. The summed E-state index contributed by atoms with van der Waals surface area (Å²) in [7, 11) is 0. The molecule has 0 spiro atoms. The quantitative estimate of drug-likeness (QED) is 0.537. The molecule has 8 heteroatoms. The highest BCUT2D eigenvalue weighted by Gasteiger charge is 2.15. The molecular weight excluding hydrogens is 396 g/mol. The third-order valence-electron chi connectivity index (χ3n) is 3.94. The smallest absolute Gasteiger partial charge is 0.234 e. The molecule has 0 bridgehead atoms. The third-order valence-corrected chi connectivity index (χ3v) is 5.23. The Morgan fingerprint density at radius 1 is 1.14 bits per heavy atom. The van der Waals surface area contributed by atoms with Crippen molar-refractivity contribution in [3.05, 3.63) is 53.6 Å². The highest BCUT2D eigenvalue weighted by atomic mass is 35.5. The van der Waals surface area contributed by atoms with Gasteiger partial charge in [-0.15, -0.1) is 10.2 Å². The Bertz CT molecular complexity index is 944. The minimum atomic E-state index is -0.147. The van der Waals surface area contributed by atoms with Crippen molar-refractivity contribution in [2.45, 2.75) is 25.5 Å². The molecule has 0 saturated heterocycles. The number of hydrogen-bond donors (Lipinski definition) is 1. The molecule has 146 valence electrons. The fraction of sp³-hybridized carbons (Fsp3) is 0.250. The fourth-order valence-electron chi connectivity index (χ4n) is 2.64. The van der Waals surface area contributed by atoms with Crippen LogP contribution in [0.5, 0.6) is 5.75 Å². The van der Waals surface area contributed by atoms with Crippen molar-refractivity contribution >= 4 is 35.0 Å². The molecule has 0 unspecified atom stereocenters. The van der Waals surface area contributed by atoms with E-state index in [9.17, 15) is 4.79 Å². The minimum Gasteiger partial charge on any atom is -0.494 e. The van der Waals surface area contributed by atoms with E-state index in [1.807, 2.05) is 54.8 Å². The van der Waals surface area contributed by atoms with Gasteiger partial charge in [0.15, 0.2) is 11.0 Å². The second-order valence-electron chi connectivity index (χ2n) is 5.82. The summed E-state index contributed by atoms with van der Waals surface area (Å²) >= 11 is 7.42. The van der Waals surface area contributed by atoms with Gasteiger partial charge >= 0.3 is 0 Å². The molecule has 6 nitrogen and oxygen atoms in total. The van der Waals surface area contributed by atoms with E-state index in [0.717, 1.165) is 17.1 Å². The van der Waals surface area contributed by atoms with E-state index < -0.39 is 0 Å². The van der Waals surface area contributed by atoms with E-state index in [0.29, 0.717) is 29.0 Å². The van der Waals surface area contributed by atoms with Crippen LogP contribution >= 0.6 is 23.4 Å². The first-order valence-corrected chi connectivity index (χ1v) is 10.3. The van der Waals surface area contributed by atoms with Crippen LogP contribution in [-0.4, -0.2) is 33.0 Å². The Morgan fingerprint density at radius 3 is 2.57 bits per heavy atom. The maximum atomic E-state index is 12.3. The first-order valence-electron chi connectivity index (χ1n) is 8.96. The lowest BCUT2D eigenvalue weighted by atomic mass is 10.2. The standard InChI is InChI=1S/C20H21ClN4O2S/c1-3-25-19(14-9-11-15(12-10-14)27-4-2)23-24-20(25)28-13-18(26)22-17-8-6-5-7-16(17)21/h5-12H,3-4,13H2,1-2H3,(H,22,26). The van der Waals surface area contributed by atoms with Gasteiger partial charge in [0, 0.05) is 12.1 Å². The number of carbonyl (C=O) groups excluding carboxylic acids is 1.